The van der Waals surface area contributed by atoms with Crippen molar-refractivity contribution in [1.29, 1.82) is 0 Å². The van der Waals surface area contributed by atoms with Gasteiger partial charge in [0.25, 0.3) is 15.7 Å². The number of aryl methyl sites for hydroxylation is 1. The van der Waals surface area contributed by atoms with Crippen LogP contribution < -0.4 is 4.72 Å². The molecule has 0 aromatic heterocycles. The molecule has 2 aromatic rings. The Balaban J connectivity index is 2.45. The lowest BCUT2D eigenvalue weighted by Gasteiger charge is -2.13. The molecule has 0 aliphatic carbocycles. The van der Waals surface area contributed by atoms with Gasteiger partial charge in [0.1, 0.15) is 0 Å². The zero-order chi connectivity index (χ0) is 18.8. The lowest BCUT2D eigenvalue weighted by Crippen LogP contribution is -2.14. The molecule has 0 unspecified atom stereocenters. The number of rotatable bonds is 6. The summed E-state index contributed by atoms with van der Waals surface area (Å²) in [5.41, 5.74) is 1.69. The van der Waals surface area contributed by atoms with Crippen molar-refractivity contribution in [3.8, 4) is 0 Å². The molecule has 6 nitrogen and oxygen atoms in total. The summed E-state index contributed by atoms with van der Waals surface area (Å²) in [7, 11) is -3.78. The molecule has 0 spiro atoms. The second kappa shape index (κ2) is 7.53. The molecule has 0 saturated carbocycles. The molecule has 0 amide bonds. The number of benzene rings is 2. The zero-order valence-corrected chi connectivity index (χ0v) is 16.5. The van der Waals surface area contributed by atoms with E-state index in [1.165, 1.54) is 24.3 Å². The van der Waals surface area contributed by atoms with Gasteiger partial charge in [-0.15, -0.1) is 0 Å². The van der Waals surface area contributed by atoms with Gasteiger partial charge in [-0.2, -0.15) is 0 Å². The number of nitrogens with one attached hydrogen (secondary N) is 1. The molecule has 0 atom stereocenters. The van der Waals surface area contributed by atoms with Gasteiger partial charge in [0, 0.05) is 16.1 Å². The van der Waals surface area contributed by atoms with E-state index in [-0.39, 0.29) is 22.2 Å². The topological polar surface area (TPSA) is 89.3 Å². The summed E-state index contributed by atoms with van der Waals surface area (Å²) in [6.07, 6.45) is 0.475. The third kappa shape index (κ3) is 4.79. The highest BCUT2D eigenvalue weighted by Crippen LogP contribution is 2.33. The Kier molecular flexibility index (Phi) is 5.84. The molecule has 2 aromatic carbocycles. The van der Waals surface area contributed by atoms with Crippen LogP contribution in [0.15, 0.2) is 45.8 Å². The second-order valence-electron chi connectivity index (χ2n) is 6.23. The number of nitrogens with zero attached hydrogens (tertiary/aromatic N) is 1. The van der Waals surface area contributed by atoms with Crippen LogP contribution in [0.25, 0.3) is 0 Å². The number of anilines is 1. The Hall–Kier alpha value is -1.93. The van der Waals surface area contributed by atoms with Gasteiger partial charge in [-0.25, -0.2) is 8.42 Å². The van der Waals surface area contributed by atoms with Crippen molar-refractivity contribution < 1.29 is 13.3 Å². The maximum Gasteiger partial charge on any atom is 0.273 e. The van der Waals surface area contributed by atoms with E-state index < -0.39 is 14.9 Å². The van der Waals surface area contributed by atoms with Gasteiger partial charge >= 0.3 is 0 Å². The molecule has 0 heterocycles. The molecule has 2 rings (SSSR count). The number of hydrogen-bond acceptors (Lipinski definition) is 4. The van der Waals surface area contributed by atoms with E-state index in [0.29, 0.717) is 16.5 Å². The van der Waals surface area contributed by atoms with E-state index in [2.05, 4.69) is 20.7 Å². The van der Waals surface area contributed by atoms with Crippen LogP contribution in [-0.4, -0.2) is 13.3 Å². The molecular formula is C17H19BrN2O4S. The van der Waals surface area contributed by atoms with E-state index in [9.17, 15) is 18.5 Å². The first-order chi connectivity index (χ1) is 11.6. The van der Waals surface area contributed by atoms with Crippen molar-refractivity contribution in [2.45, 2.75) is 32.1 Å². The number of hydrogen-bond donors (Lipinski definition) is 1. The first-order valence-electron chi connectivity index (χ1n) is 7.66. The van der Waals surface area contributed by atoms with Crippen LogP contribution in [0.1, 0.15) is 25.0 Å². The third-order valence-electron chi connectivity index (χ3n) is 3.57. The fourth-order valence-corrected chi connectivity index (χ4v) is 4.01. The highest BCUT2D eigenvalue weighted by Gasteiger charge is 2.21. The monoisotopic (exact) mass is 426 g/mol. The Morgan fingerprint density at radius 3 is 2.32 bits per heavy atom. The van der Waals surface area contributed by atoms with Crippen molar-refractivity contribution in [2.75, 3.05) is 4.72 Å². The number of nitro groups is 1. The minimum atomic E-state index is -3.78. The summed E-state index contributed by atoms with van der Waals surface area (Å²) in [6, 6.07) is 9.32. The van der Waals surface area contributed by atoms with Crippen molar-refractivity contribution in [1.82, 2.24) is 0 Å². The number of nitro benzene ring substituents is 1. The van der Waals surface area contributed by atoms with Gasteiger partial charge < -0.3 is 0 Å². The minimum Gasteiger partial charge on any atom is -0.278 e. The molecule has 25 heavy (non-hydrogen) atoms. The summed E-state index contributed by atoms with van der Waals surface area (Å²) >= 11 is 3.22. The highest BCUT2D eigenvalue weighted by atomic mass is 79.9. The maximum absolute atomic E-state index is 12.6. The third-order valence-corrected chi connectivity index (χ3v) is 5.61. The Bertz CT molecular complexity index is 894. The molecule has 0 bridgehead atoms. The van der Waals surface area contributed by atoms with Gasteiger partial charge in [-0.3, -0.25) is 14.8 Å². The van der Waals surface area contributed by atoms with E-state index >= 15 is 0 Å². The Morgan fingerprint density at radius 2 is 1.80 bits per heavy atom. The van der Waals surface area contributed by atoms with Crippen molar-refractivity contribution in [3.05, 3.63) is 62.1 Å². The van der Waals surface area contributed by atoms with Gasteiger partial charge in [0.15, 0.2) is 0 Å². The van der Waals surface area contributed by atoms with Crippen LogP contribution in [0.3, 0.4) is 0 Å². The molecule has 0 saturated heterocycles. The largest absolute Gasteiger partial charge is 0.278 e. The molecule has 0 aliphatic rings. The SMILES string of the molecule is Cc1ccc(S(=O)(=O)Nc2cc(CC(C)C)c([N+](=O)[O-])cc2Br)cc1. The first-order valence-corrected chi connectivity index (χ1v) is 9.94. The average molecular weight is 427 g/mol. The minimum absolute atomic E-state index is 0.0288. The number of sulfonamides is 1. The maximum atomic E-state index is 12.6. The zero-order valence-electron chi connectivity index (χ0n) is 14.1. The van der Waals surface area contributed by atoms with Crippen molar-refractivity contribution in [2.24, 2.45) is 5.92 Å². The van der Waals surface area contributed by atoms with Crippen LogP contribution in [0.5, 0.6) is 0 Å². The summed E-state index contributed by atoms with van der Waals surface area (Å²) < 4.78 is 27.9. The quantitative estimate of drug-likeness (QED) is 0.536. The van der Waals surface area contributed by atoms with Crippen LogP contribution >= 0.6 is 15.9 Å². The molecule has 1 N–H and O–H groups in total. The molecule has 0 fully saturated rings. The standard InChI is InChI=1S/C17H19BrN2O4S/c1-11(2)8-13-9-16(15(18)10-17(13)20(21)22)19-25(23,24)14-6-4-12(3)5-7-14/h4-7,9-11,19H,8H2,1-3H3. The van der Waals surface area contributed by atoms with Crippen LogP contribution in [-0.2, 0) is 16.4 Å². The van der Waals surface area contributed by atoms with E-state index in [0.717, 1.165) is 5.56 Å². The van der Waals surface area contributed by atoms with E-state index in [1.54, 1.807) is 12.1 Å². The number of halogens is 1. The lowest BCUT2D eigenvalue weighted by atomic mass is 10.0. The van der Waals surface area contributed by atoms with Gasteiger partial charge in [-0.05, 0) is 53.4 Å². The fraction of sp³-hybridized carbons (Fsp3) is 0.294. The summed E-state index contributed by atoms with van der Waals surface area (Å²) in [5.74, 6) is 0.196. The molecule has 0 radical (unpaired) electrons. The molecule has 0 aliphatic heterocycles. The Labute approximate surface area is 155 Å². The average Bonchev–Trinajstić information content (AvgIpc) is 2.49. The van der Waals surface area contributed by atoms with Crippen LogP contribution in [0.4, 0.5) is 11.4 Å². The predicted octanol–water partition coefficient (Wildman–Crippen LogP) is 4.67. The van der Waals surface area contributed by atoms with Crippen LogP contribution in [0.2, 0.25) is 0 Å². The summed E-state index contributed by atoms with van der Waals surface area (Å²) in [6.45, 7) is 5.76. The van der Waals surface area contributed by atoms with Gasteiger partial charge in [0.2, 0.25) is 0 Å². The molecule has 134 valence electrons. The lowest BCUT2D eigenvalue weighted by molar-refractivity contribution is -0.385. The Morgan fingerprint density at radius 1 is 1.20 bits per heavy atom. The predicted molar refractivity (Wildman–Crippen MR) is 101 cm³/mol. The second-order valence-corrected chi connectivity index (χ2v) is 8.77. The van der Waals surface area contributed by atoms with Crippen molar-refractivity contribution in [3.63, 3.8) is 0 Å². The van der Waals surface area contributed by atoms with Crippen LogP contribution in [0, 0.1) is 23.0 Å². The molecule has 8 heteroatoms. The molecular weight excluding hydrogens is 408 g/mol. The fourth-order valence-electron chi connectivity index (χ4n) is 2.38. The normalized spacial score (nSPS) is 11.6. The van der Waals surface area contributed by atoms with E-state index in [1.807, 2.05) is 20.8 Å². The van der Waals surface area contributed by atoms with Gasteiger partial charge in [-0.1, -0.05) is 31.5 Å². The first kappa shape index (κ1) is 19.4. The van der Waals surface area contributed by atoms with Gasteiger partial charge in [0.05, 0.1) is 15.5 Å². The highest BCUT2D eigenvalue weighted by molar-refractivity contribution is 9.10. The van der Waals surface area contributed by atoms with E-state index in [4.69, 9.17) is 0 Å². The summed E-state index contributed by atoms with van der Waals surface area (Å²) in [4.78, 5) is 10.9. The summed E-state index contributed by atoms with van der Waals surface area (Å²) in [5, 5.41) is 11.3. The smallest absolute Gasteiger partial charge is 0.273 e. The van der Waals surface area contributed by atoms with Crippen molar-refractivity contribution >= 4 is 37.3 Å².